The second-order valence-electron chi connectivity index (χ2n) is 4.87. The molecule has 0 aromatic heterocycles. The Kier molecular flexibility index (Phi) is 5.92. The standard InChI is InChI=1S/C13H24O4/c1-3-4-11-5-7-13(8-6-11,12(14)15)17-10-9-16-2/h11H,3-10H2,1-2H3,(H,14,15). The maximum Gasteiger partial charge on any atom is 0.335 e. The van der Waals surface area contributed by atoms with Gasteiger partial charge in [0.2, 0.25) is 0 Å². The lowest BCUT2D eigenvalue weighted by Gasteiger charge is -2.36. The van der Waals surface area contributed by atoms with E-state index in [4.69, 9.17) is 9.47 Å². The number of hydrogen-bond donors (Lipinski definition) is 1. The zero-order chi connectivity index (χ0) is 12.7. The first-order chi connectivity index (χ1) is 8.14. The van der Waals surface area contributed by atoms with Crippen molar-refractivity contribution in [3.8, 4) is 0 Å². The third-order valence-electron chi connectivity index (χ3n) is 3.67. The highest BCUT2D eigenvalue weighted by Gasteiger charge is 2.42. The minimum absolute atomic E-state index is 0.362. The van der Waals surface area contributed by atoms with Gasteiger partial charge in [0, 0.05) is 7.11 Å². The van der Waals surface area contributed by atoms with Crippen molar-refractivity contribution in [1.82, 2.24) is 0 Å². The Morgan fingerprint density at radius 1 is 1.35 bits per heavy atom. The van der Waals surface area contributed by atoms with Gasteiger partial charge in [0.1, 0.15) is 0 Å². The zero-order valence-corrected chi connectivity index (χ0v) is 10.9. The first kappa shape index (κ1) is 14.5. The summed E-state index contributed by atoms with van der Waals surface area (Å²) in [4.78, 5) is 11.4. The summed E-state index contributed by atoms with van der Waals surface area (Å²) in [7, 11) is 1.59. The molecule has 17 heavy (non-hydrogen) atoms. The summed E-state index contributed by atoms with van der Waals surface area (Å²) >= 11 is 0. The Morgan fingerprint density at radius 2 is 2.00 bits per heavy atom. The number of ether oxygens (including phenoxy) is 2. The predicted octanol–water partition coefficient (Wildman–Crippen LogP) is 2.46. The lowest BCUT2D eigenvalue weighted by atomic mass is 9.77. The van der Waals surface area contributed by atoms with Gasteiger partial charge in [-0.1, -0.05) is 19.8 Å². The second kappa shape index (κ2) is 6.97. The molecule has 0 spiro atoms. The van der Waals surface area contributed by atoms with Gasteiger partial charge >= 0.3 is 5.97 Å². The van der Waals surface area contributed by atoms with Gasteiger partial charge in [-0.3, -0.25) is 0 Å². The summed E-state index contributed by atoms with van der Waals surface area (Å²) < 4.78 is 10.5. The Morgan fingerprint density at radius 3 is 2.47 bits per heavy atom. The van der Waals surface area contributed by atoms with Crippen molar-refractivity contribution in [2.24, 2.45) is 5.92 Å². The second-order valence-corrected chi connectivity index (χ2v) is 4.87. The number of methoxy groups -OCH3 is 1. The van der Waals surface area contributed by atoms with Crippen molar-refractivity contribution in [2.75, 3.05) is 20.3 Å². The van der Waals surface area contributed by atoms with Crippen LogP contribution in [-0.4, -0.2) is 37.0 Å². The lowest BCUT2D eigenvalue weighted by molar-refractivity contribution is -0.174. The molecule has 0 aliphatic heterocycles. The third kappa shape index (κ3) is 3.96. The summed E-state index contributed by atoms with van der Waals surface area (Å²) in [5, 5.41) is 9.34. The van der Waals surface area contributed by atoms with E-state index >= 15 is 0 Å². The summed E-state index contributed by atoms with van der Waals surface area (Å²) in [5.41, 5.74) is -0.956. The first-order valence-electron chi connectivity index (χ1n) is 6.51. The molecule has 4 heteroatoms. The van der Waals surface area contributed by atoms with Gasteiger partial charge in [-0.2, -0.15) is 0 Å². The molecular weight excluding hydrogens is 220 g/mol. The highest BCUT2D eigenvalue weighted by atomic mass is 16.5. The molecular formula is C13H24O4. The largest absolute Gasteiger partial charge is 0.479 e. The molecule has 0 aromatic carbocycles. The van der Waals surface area contributed by atoms with Crippen LogP contribution in [0.4, 0.5) is 0 Å². The van der Waals surface area contributed by atoms with Crippen LogP contribution < -0.4 is 0 Å². The molecule has 0 saturated heterocycles. The number of carboxylic acids is 1. The summed E-state index contributed by atoms with van der Waals surface area (Å²) in [6, 6.07) is 0. The minimum Gasteiger partial charge on any atom is -0.479 e. The molecule has 0 bridgehead atoms. The minimum atomic E-state index is -0.956. The normalized spacial score (nSPS) is 29.2. The molecule has 0 atom stereocenters. The van der Waals surface area contributed by atoms with Crippen molar-refractivity contribution in [3.05, 3.63) is 0 Å². The van der Waals surface area contributed by atoms with Crippen LogP contribution in [-0.2, 0) is 14.3 Å². The van der Waals surface area contributed by atoms with E-state index in [1.165, 1.54) is 12.8 Å². The van der Waals surface area contributed by atoms with Crippen LogP contribution in [0.5, 0.6) is 0 Å². The summed E-state index contributed by atoms with van der Waals surface area (Å²) in [5.74, 6) is -0.137. The highest BCUT2D eigenvalue weighted by Crippen LogP contribution is 2.37. The van der Waals surface area contributed by atoms with Crippen molar-refractivity contribution < 1.29 is 19.4 Å². The van der Waals surface area contributed by atoms with Gasteiger partial charge in [-0.25, -0.2) is 4.79 Å². The third-order valence-corrected chi connectivity index (χ3v) is 3.67. The Labute approximate surface area is 103 Å². The maximum atomic E-state index is 11.4. The monoisotopic (exact) mass is 244 g/mol. The number of hydrogen-bond acceptors (Lipinski definition) is 3. The van der Waals surface area contributed by atoms with E-state index in [1.54, 1.807) is 7.11 Å². The van der Waals surface area contributed by atoms with E-state index in [-0.39, 0.29) is 0 Å². The van der Waals surface area contributed by atoms with Gasteiger partial charge in [0.15, 0.2) is 5.60 Å². The fourth-order valence-electron chi connectivity index (χ4n) is 2.58. The Balaban J connectivity index is 2.48. The van der Waals surface area contributed by atoms with E-state index in [2.05, 4.69) is 6.92 Å². The molecule has 0 radical (unpaired) electrons. The molecule has 1 aliphatic rings. The molecule has 0 aromatic rings. The molecule has 1 N–H and O–H groups in total. The van der Waals surface area contributed by atoms with Crippen LogP contribution in [0, 0.1) is 5.92 Å². The maximum absolute atomic E-state index is 11.4. The Hall–Kier alpha value is -0.610. The van der Waals surface area contributed by atoms with Crippen LogP contribution in [0.15, 0.2) is 0 Å². The topological polar surface area (TPSA) is 55.8 Å². The van der Waals surface area contributed by atoms with Crippen LogP contribution in [0.25, 0.3) is 0 Å². The molecule has 100 valence electrons. The van der Waals surface area contributed by atoms with Gasteiger partial charge < -0.3 is 14.6 Å². The molecule has 1 fully saturated rings. The van der Waals surface area contributed by atoms with Crippen LogP contribution in [0.2, 0.25) is 0 Å². The van der Waals surface area contributed by atoms with Crippen molar-refractivity contribution in [1.29, 1.82) is 0 Å². The van der Waals surface area contributed by atoms with Crippen molar-refractivity contribution in [2.45, 2.75) is 51.0 Å². The molecule has 1 rings (SSSR count). The van der Waals surface area contributed by atoms with E-state index in [1.807, 2.05) is 0 Å². The van der Waals surface area contributed by atoms with Crippen LogP contribution >= 0.6 is 0 Å². The summed E-state index contributed by atoms with van der Waals surface area (Å²) in [6.45, 7) is 2.99. The molecule has 1 saturated carbocycles. The van der Waals surface area contributed by atoms with Gasteiger partial charge in [-0.15, -0.1) is 0 Å². The van der Waals surface area contributed by atoms with E-state index in [9.17, 15) is 9.90 Å². The molecule has 0 unspecified atom stereocenters. The average Bonchev–Trinajstić information content (AvgIpc) is 2.32. The zero-order valence-electron chi connectivity index (χ0n) is 10.9. The quantitative estimate of drug-likeness (QED) is 0.699. The van der Waals surface area contributed by atoms with Crippen LogP contribution in [0.3, 0.4) is 0 Å². The fourth-order valence-corrected chi connectivity index (χ4v) is 2.58. The smallest absolute Gasteiger partial charge is 0.335 e. The molecule has 0 heterocycles. The number of aliphatic carboxylic acids is 1. The van der Waals surface area contributed by atoms with Crippen LogP contribution in [0.1, 0.15) is 45.4 Å². The fraction of sp³-hybridized carbons (Fsp3) is 0.923. The summed E-state index contributed by atoms with van der Waals surface area (Å²) in [6.07, 6.45) is 5.58. The average molecular weight is 244 g/mol. The lowest BCUT2D eigenvalue weighted by Crippen LogP contribution is -2.45. The number of carboxylic acid groups (broad SMARTS) is 1. The number of carbonyl (C=O) groups is 1. The van der Waals surface area contributed by atoms with Gasteiger partial charge in [0.25, 0.3) is 0 Å². The van der Waals surface area contributed by atoms with Crippen molar-refractivity contribution in [3.63, 3.8) is 0 Å². The van der Waals surface area contributed by atoms with E-state index in [0.717, 1.165) is 12.8 Å². The predicted molar refractivity (Wildman–Crippen MR) is 65.1 cm³/mol. The van der Waals surface area contributed by atoms with E-state index < -0.39 is 11.6 Å². The first-order valence-corrected chi connectivity index (χ1v) is 6.51. The van der Waals surface area contributed by atoms with Crippen molar-refractivity contribution >= 4 is 5.97 Å². The SMILES string of the molecule is CCCC1CCC(OCCOC)(C(=O)O)CC1. The molecule has 4 nitrogen and oxygen atoms in total. The van der Waals surface area contributed by atoms with Gasteiger partial charge in [-0.05, 0) is 31.6 Å². The van der Waals surface area contributed by atoms with E-state index in [0.29, 0.717) is 32.0 Å². The number of rotatable bonds is 7. The van der Waals surface area contributed by atoms with Gasteiger partial charge in [0.05, 0.1) is 13.2 Å². The Bertz CT molecular complexity index is 232. The highest BCUT2D eigenvalue weighted by molar-refractivity contribution is 5.77. The molecule has 1 aliphatic carbocycles. The molecule has 0 amide bonds.